The maximum Gasteiger partial charge on any atom is 0.270 e. The van der Waals surface area contributed by atoms with E-state index in [0.717, 1.165) is 37.3 Å². The summed E-state index contributed by atoms with van der Waals surface area (Å²) in [7, 11) is -4.08. The fourth-order valence-corrected chi connectivity index (χ4v) is 2.73. The van der Waals surface area contributed by atoms with Gasteiger partial charge in [0.25, 0.3) is 10.0 Å². The molecule has 6 heteroatoms. The van der Waals surface area contributed by atoms with Crippen LogP contribution in [-0.4, -0.2) is 18.6 Å². The van der Waals surface area contributed by atoms with Crippen molar-refractivity contribution in [3.63, 3.8) is 0 Å². The summed E-state index contributed by atoms with van der Waals surface area (Å²) in [6.07, 6.45) is 1.16. The van der Waals surface area contributed by atoms with Gasteiger partial charge < -0.3 is 0 Å². The maximum atomic E-state index is 12.8. The smallest absolute Gasteiger partial charge is 0.270 e. The zero-order valence-corrected chi connectivity index (χ0v) is 10.6. The van der Waals surface area contributed by atoms with E-state index in [0.29, 0.717) is 4.31 Å². The van der Waals surface area contributed by atoms with E-state index in [-0.39, 0.29) is 10.6 Å². The van der Waals surface area contributed by atoms with Crippen LogP contribution in [0.5, 0.6) is 0 Å². The number of carbonyl (C=O) groups is 1. The molecule has 1 aromatic rings. The molecule has 0 spiro atoms. The quantitative estimate of drug-likeness (QED) is 0.786. The summed E-state index contributed by atoms with van der Waals surface area (Å²) in [6, 6.07) is 4.16. The molecule has 0 bridgehead atoms. The molecule has 1 rings (SSSR count). The van der Waals surface area contributed by atoms with Crippen LogP contribution in [0, 0.1) is 5.82 Å². The minimum Gasteiger partial charge on any atom is -0.274 e. The second-order valence-corrected chi connectivity index (χ2v) is 5.22. The molecule has 0 aromatic heterocycles. The first-order chi connectivity index (χ1) is 8.30. The van der Waals surface area contributed by atoms with Gasteiger partial charge in [-0.05, 0) is 30.3 Å². The fourth-order valence-electron chi connectivity index (χ4n) is 1.32. The lowest BCUT2D eigenvalue weighted by molar-refractivity contribution is -0.122. The topological polar surface area (TPSA) is 54.5 Å². The highest BCUT2D eigenvalue weighted by atomic mass is 32.2. The molecule has 0 heterocycles. The molecular formula is C12H12FNO3S. The van der Waals surface area contributed by atoms with E-state index in [1.54, 1.807) is 0 Å². The van der Waals surface area contributed by atoms with Crippen molar-refractivity contribution in [2.45, 2.75) is 11.8 Å². The predicted octanol–water partition coefficient (Wildman–Crippen LogP) is 2.06. The first-order valence-electron chi connectivity index (χ1n) is 4.93. The molecule has 0 aliphatic heterocycles. The molecule has 1 amide bonds. The van der Waals surface area contributed by atoms with Gasteiger partial charge in [0.2, 0.25) is 5.91 Å². The van der Waals surface area contributed by atoms with Gasteiger partial charge in [-0.15, -0.1) is 0 Å². The highest BCUT2D eigenvalue weighted by Gasteiger charge is 2.28. The van der Waals surface area contributed by atoms with Crippen molar-refractivity contribution in [1.82, 2.24) is 4.31 Å². The SMILES string of the molecule is C=CC(=C)N(C(C)=O)S(=O)(=O)c1ccc(F)cc1. The third-order valence-corrected chi connectivity index (χ3v) is 3.97. The molecule has 1 aromatic carbocycles. The Morgan fingerprint density at radius 2 is 1.83 bits per heavy atom. The standard InChI is InChI=1S/C12H12FNO3S/c1-4-9(2)14(10(3)15)18(16,17)12-7-5-11(13)6-8-12/h4-8H,1-2H2,3H3. The van der Waals surface area contributed by atoms with Crippen molar-refractivity contribution in [2.24, 2.45) is 0 Å². The number of carbonyl (C=O) groups excluding carboxylic acids is 1. The Morgan fingerprint density at radius 1 is 1.33 bits per heavy atom. The lowest BCUT2D eigenvalue weighted by atomic mass is 10.4. The van der Waals surface area contributed by atoms with Crippen molar-refractivity contribution in [2.75, 3.05) is 0 Å². The fraction of sp³-hybridized carbons (Fsp3) is 0.0833. The van der Waals surface area contributed by atoms with E-state index in [1.807, 2.05) is 0 Å². The van der Waals surface area contributed by atoms with E-state index in [9.17, 15) is 17.6 Å². The van der Waals surface area contributed by atoms with Crippen molar-refractivity contribution in [3.05, 3.63) is 55.0 Å². The van der Waals surface area contributed by atoms with Crippen molar-refractivity contribution in [3.8, 4) is 0 Å². The van der Waals surface area contributed by atoms with Gasteiger partial charge in [-0.25, -0.2) is 17.1 Å². The molecule has 18 heavy (non-hydrogen) atoms. The van der Waals surface area contributed by atoms with E-state index in [2.05, 4.69) is 13.2 Å². The second-order valence-electron chi connectivity index (χ2n) is 3.44. The number of sulfonamides is 1. The lowest BCUT2D eigenvalue weighted by Crippen LogP contribution is -2.33. The van der Waals surface area contributed by atoms with Crippen LogP contribution in [0.4, 0.5) is 4.39 Å². The molecule has 0 atom stereocenters. The number of hydrogen-bond acceptors (Lipinski definition) is 3. The number of amides is 1. The zero-order valence-electron chi connectivity index (χ0n) is 9.76. The van der Waals surface area contributed by atoms with Gasteiger partial charge >= 0.3 is 0 Å². The number of halogens is 1. The number of allylic oxidation sites excluding steroid dienone is 1. The van der Waals surface area contributed by atoms with Crippen LogP contribution < -0.4 is 0 Å². The molecule has 0 saturated carbocycles. The van der Waals surface area contributed by atoms with E-state index in [1.165, 1.54) is 0 Å². The summed E-state index contributed by atoms with van der Waals surface area (Å²) in [6.45, 7) is 7.90. The molecule has 4 nitrogen and oxygen atoms in total. The largest absolute Gasteiger partial charge is 0.274 e. The molecule has 0 aliphatic carbocycles. The van der Waals surface area contributed by atoms with Crippen LogP contribution in [0.2, 0.25) is 0 Å². The van der Waals surface area contributed by atoms with Crippen molar-refractivity contribution in [1.29, 1.82) is 0 Å². The summed E-state index contributed by atoms with van der Waals surface area (Å²) in [5.74, 6) is -1.28. The highest BCUT2D eigenvalue weighted by molar-refractivity contribution is 7.89. The Morgan fingerprint density at radius 3 is 2.22 bits per heavy atom. The van der Waals surface area contributed by atoms with Crippen LogP contribution in [0.3, 0.4) is 0 Å². The minimum atomic E-state index is -4.08. The summed E-state index contributed by atoms with van der Waals surface area (Å²) in [4.78, 5) is 11.2. The predicted molar refractivity (Wildman–Crippen MR) is 65.4 cm³/mol. The van der Waals surface area contributed by atoms with E-state index >= 15 is 0 Å². The van der Waals surface area contributed by atoms with Crippen molar-refractivity contribution >= 4 is 15.9 Å². The molecule has 0 unspecified atom stereocenters. The number of nitrogens with zero attached hydrogens (tertiary/aromatic N) is 1. The Balaban J connectivity index is 3.34. The summed E-state index contributed by atoms with van der Waals surface area (Å²) in [5, 5.41) is 0. The van der Waals surface area contributed by atoms with Gasteiger partial charge in [-0.3, -0.25) is 4.79 Å². The first kappa shape index (κ1) is 14.1. The monoisotopic (exact) mass is 269 g/mol. The van der Waals surface area contributed by atoms with Gasteiger partial charge in [-0.2, -0.15) is 0 Å². The van der Waals surface area contributed by atoms with Gasteiger partial charge in [0.05, 0.1) is 10.6 Å². The van der Waals surface area contributed by atoms with Crippen LogP contribution in [0.25, 0.3) is 0 Å². The number of hydrogen-bond donors (Lipinski definition) is 0. The highest BCUT2D eigenvalue weighted by Crippen LogP contribution is 2.20. The summed E-state index contributed by atoms with van der Waals surface area (Å²) >= 11 is 0. The molecular weight excluding hydrogens is 257 g/mol. The molecule has 0 N–H and O–H groups in total. The summed E-state index contributed by atoms with van der Waals surface area (Å²) in [5.41, 5.74) is -0.0631. The van der Waals surface area contributed by atoms with E-state index in [4.69, 9.17) is 0 Å². The van der Waals surface area contributed by atoms with Gasteiger partial charge in [0.15, 0.2) is 0 Å². The molecule has 96 valence electrons. The third-order valence-electron chi connectivity index (χ3n) is 2.13. The molecule has 0 saturated heterocycles. The summed E-state index contributed by atoms with van der Waals surface area (Å²) < 4.78 is 37.6. The van der Waals surface area contributed by atoms with Crippen LogP contribution in [0.15, 0.2) is 54.1 Å². The Hall–Kier alpha value is -1.95. The zero-order chi connectivity index (χ0) is 13.9. The molecule has 0 fully saturated rings. The minimum absolute atomic E-state index is 0.0631. The maximum absolute atomic E-state index is 12.8. The van der Waals surface area contributed by atoms with Gasteiger partial charge in [-0.1, -0.05) is 13.2 Å². The van der Waals surface area contributed by atoms with Gasteiger partial charge in [0.1, 0.15) is 5.82 Å². The Labute approximate surface area is 105 Å². The van der Waals surface area contributed by atoms with Crippen LogP contribution in [0.1, 0.15) is 6.92 Å². The normalized spacial score (nSPS) is 10.8. The van der Waals surface area contributed by atoms with Crippen LogP contribution in [-0.2, 0) is 14.8 Å². The van der Waals surface area contributed by atoms with Gasteiger partial charge in [0, 0.05) is 6.92 Å². The average molecular weight is 269 g/mol. The van der Waals surface area contributed by atoms with Crippen LogP contribution >= 0.6 is 0 Å². The second kappa shape index (κ2) is 5.14. The van der Waals surface area contributed by atoms with E-state index < -0.39 is 21.7 Å². The lowest BCUT2D eigenvalue weighted by Gasteiger charge is -2.20. The molecule has 0 aliphatic rings. The number of rotatable bonds is 4. The average Bonchev–Trinajstić information content (AvgIpc) is 2.28. The van der Waals surface area contributed by atoms with Crippen molar-refractivity contribution < 1.29 is 17.6 Å². The Bertz CT molecular complexity index is 590. The number of benzene rings is 1. The third kappa shape index (κ3) is 2.65. The molecule has 0 radical (unpaired) electrons. The Kier molecular flexibility index (Phi) is 4.03. The first-order valence-corrected chi connectivity index (χ1v) is 6.37.